The number of rotatable bonds is 11. The van der Waals surface area contributed by atoms with Gasteiger partial charge in [-0.2, -0.15) is 0 Å². The molecule has 3 aromatic rings. The number of halogens is 2. The van der Waals surface area contributed by atoms with Crippen molar-refractivity contribution in [3.05, 3.63) is 99.5 Å². The monoisotopic (exact) mass is 568 g/mol. The van der Waals surface area contributed by atoms with Crippen molar-refractivity contribution in [1.29, 1.82) is 0 Å². The van der Waals surface area contributed by atoms with E-state index in [2.05, 4.69) is 26.1 Å². The van der Waals surface area contributed by atoms with E-state index >= 15 is 0 Å². The van der Waals surface area contributed by atoms with Crippen LogP contribution in [0.4, 0.5) is 0 Å². The summed E-state index contributed by atoms with van der Waals surface area (Å²) in [5.41, 5.74) is 2.90. The Bertz CT molecular complexity index is 1240. The summed E-state index contributed by atoms with van der Waals surface area (Å²) in [6.07, 6.45) is 0.359. The van der Waals surface area contributed by atoms with Gasteiger partial charge >= 0.3 is 0 Å². The lowest BCUT2D eigenvalue weighted by Crippen LogP contribution is -2.52. The molecule has 0 saturated heterocycles. The van der Waals surface area contributed by atoms with Gasteiger partial charge in [-0.15, -0.1) is 0 Å². The fraction of sp³-hybridized carbons (Fsp3) is 0.375. The third-order valence-electron chi connectivity index (χ3n) is 6.38. The van der Waals surface area contributed by atoms with E-state index in [1.165, 1.54) is 5.56 Å². The molecule has 7 heteroatoms. The van der Waals surface area contributed by atoms with Gasteiger partial charge in [0.2, 0.25) is 5.91 Å². The van der Waals surface area contributed by atoms with E-state index in [0.717, 1.165) is 11.1 Å². The molecule has 0 spiro atoms. The molecule has 39 heavy (non-hydrogen) atoms. The highest BCUT2D eigenvalue weighted by Crippen LogP contribution is 2.26. The molecule has 0 unspecified atom stereocenters. The molecule has 0 saturated carbocycles. The number of benzene rings is 3. The fourth-order valence-corrected chi connectivity index (χ4v) is 4.41. The van der Waals surface area contributed by atoms with Crippen molar-refractivity contribution in [1.82, 2.24) is 10.2 Å². The summed E-state index contributed by atoms with van der Waals surface area (Å²) < 4.78 is 5.91. The summed E-state index contributed by atoms with van der Waals surface area (Å²) in [4.78, 5) is 28.8. The molecule has 5 nitrogen and oxygen atoms in total. The van der Waals surface area contributed by atoms with Crippen molar-refractivity contribution in [2.75, 3.05) is 13.2 Å². The van der Waals surface area contributed by atoms with Crippen LogP contribution in [0.2, 0.25) is 10.0 Å². The van der Waals surface area contributed by atoms with Crippen molar-refractivity contribution in [2.45, 2.75) is 59.0 Å². The summed E-state index contributed by atoms with van der Waals surface area (Å²) in [5.74, 6) is 0.344. The van der Waals surface area contributed by atoms with Gasteiger partial charge in [0, 0.05) is 19.5 Å². The van der Waals surface area contributed by atoms with E-state index in [1.54, 1.807) is 17.0 Å². The first-order valence-corrected chi connectivity index (χ1v) is 14.0. The molecule has 0 aliphatic rings. The Morgan fingerprint density at radius 1 is 0.897 bits per heavy atom. The maximum Gasteiger partial charge on any atom is 0.261 e. The predicted octanol–water partition coefficient (Wildman–Crippen LogP) is 7.08. The molecule has 0 fully saturated rings. The molecule has 0 aliphatic heterocycles. The minimum absolute atomic E-state index is 0.0129. The molecular formula is C32H38Cl2N2O3. The Kier molecular flexibility index (Phi) is 10.8. The van der Waals surface area contributed by atoms with Crippen molar-refractivity contribution >= 4 is 35.0 Å². The molecule has 208 valence electrons. The van der Waals surface area contributed by atoms with Gasteiger partial charge in [-0.3, -0.25) is 9.59 Å². The van der Waals surface area contributed by atoms with Crippen LogP contribution < -0.4 is 10.1 Å². The van der Waals surface area contributed by atoms with E-state index in [9.17, 15) is 9.59 Å². The number of carbonyl (C=O) groups is 2. The van der Waals surface area contributed by atoms with Crippen LogP contribution in [0.3, 0.4) is 0 Å². The van der Waals surface area contributed by atoms with Gasteiger partial charge in [0.1, 0.15) is 11.8 Å². The molecule has 0 aromatic heterocycles. The second-order valence-corrected chi connectivity index (χ2v) is 12.0. The van der Waals surface area contributed by atoms with Crippen LogP contribution in [0, 0.1) is 5.92 Å². The number of carbonyl (C=O) groups excluding carboxylic acids is 2. The van der Waals surface area contributed by atoms with Crippen LogP contribution in [0.1, 0.15) is 51.3 Å². The van der Waals surface area contributed by atoms with Crippen molar-refractivity contribution in [2.24, 2.45) is 5.92 Å². The molecule has 3 aromatic carbocycles. The molecular weight excluding hydrogens is 531 g/mol. The normalized spacial score (nSPS) is 12.2. The Labute approximate surface area is 242 Å². The van der Waals surface area contributed by atoms with Crippen molar-refractivity contribution in [3.63, 3.8) is 0 Å². The van der Waals surface area contributed by atoms with Crippen molar-refractivity contribution in [3.8, 4) is 5.75 Å². The minimum atomic E-state index is -0.750. The number of nitrogens with one attached hydrogen (secondary N) is 1. The van der Waals surface area contributed by atoms with E-state index in [4.69, 9.17) is 27.9 Å². The third kappa shape index (κ3) is 9.29. The SMILES string of the molecule is CC(C)CNC(=O)[C@@H](Cc1ccccc1)N(Cc1ccc(Cl)c(Cl)c1)C(=O)COc1ccc(C(C)(C)C)cc1. The highest BCUT2D eigenvalue weighted by Gasteiger charge is 2.31. The maximum atomic E-state index is 13.7. The number of hydrogen-bond donors (Lipinski definition) is 1. The van der Waals surface area contributed by atoms with Gasteiger partial charge in [0.25, 0.3) is 5.91 Å². The number of nitrogens with zero attached hydrogens (tertiary/aromatic N) is 1. The summed E-state index contributed by atoms with van der Waals surface area (Å²) >= 11 is 12.4. The van der Waals surface area contributed by atoms with Crippen LogP contribution in [-0.2, 0) is 28.0 Å². The largest absolute Gasteiger partial charge is 0.484 e. The number of hydrogen-bond acceptors (Lipinski definition) is 3. The van der Waals surface area contributed by atoms with E-state index in [-0.39, 0.29) is 36.3 Å². The number of ether oxygens (including phenoxy) is 1. The summed E-state index contributed by atoms with van der Waals surface area (Å²) in [5, 5.41) is 3.83. The molecule has 1 atom stereocenters. The van der Waals surface area contributed by atoms with Gasteiger partial charge in [-0.1, -0.05) is 106 Å². The molecule has 0 radical (unpaired) electrons. The summed E-state index contributed by atoms with van der Waals surface area (Å²) in [6.45, 7) is 11.0. The average molecular weight is 570 g/mol. The second kappa shape index (κ2) is 13.9. The summed E-state index contributed by atoms with van der Waals surface area (Å²) in [6, 6.07) is 21.9. The Hall–Kier alpha value is -3.02. The zero-order valence-corrected chi connectivity index (χ0v) is 24.9. The Balaban J connectivity index is 1.90. The Morgan fingerprint density at radius 3 is 2.15 bits per heavy atom. The standard InChI is InChI=1S/C32H38Cl2N2O3/c1-22(2)19-35-31(38)29(18-23-9-7-6-8-10-23)36(20-24-11-16-27(33)28(34)17-24)30(37)21-39-26-14-12-25(13-15-26)32(3,4)5/h6-17,22,29H,18-21H2,1-5H3,(H,35,38)/t29-/m1/s1. The lowest BCUT2D eigenvalue weighted by molar-refractivity contribution is -0.142. The zero-order valence-electron chi connectivity index (χ0n) is 23.3. The molecule has 0 heterocycles. The lowest BCUT2D eigenvalue weighted by Gasteiger charge is -2.32. The molecule has 0 aliphatic carbocycles. The highest BCUT2D eigenvalue weighted by molar-refractivity contribution is 6.42. The second-order valence-electron chi connectivity index (χ2n) is 11.2. The Morgan fingerprint density at radius 2 is 1.56 bits per heavy atom. The van der Waals surface area contributed by atoms with Crippen LogP contribution in [0.5, 0.6) is 5.75 Å². The van der Waals surface area contributed by atoms with Gasteiger partial charge in [0.15, 0.2) is 6.61 Å². The van der Waals surface area contributed by atoms with Crippen LogP contribution in [-0.4, -0.2) is 35.9 Å². The minimum Gasteiger partial charge on any atom is -0.484 e. The molecule has 1 N–H and O–H groups in total. The predicted molar refractivity (Wildman–Crippen MR) is 159 cm³/mol. The van der Waals surface area contributed by atoms with Gasteiger partial charge in [0.05, 0.1) is 10.0 Å². The maximum absolute atomic E-state index is 13.7. The van der Waals surface area contributed by atoms with Crippen LogP contribution >= 0.6 is 23.2 Å². The molecule has 0 bridgehead atoms. The van der Waals surface area contributed by atoms with Gasteiger partial charge in [-0.05, 0) is 52.3 Å². The lowest BCUT2D eigenvalue weighted by atomic mass is 9.87. The fourth-order valence-electron chi connectivity index (χ4n) is 4.09. The van der Waals surface area contributed by atoms with Gasteiger partial charge in [-0.25, -0.2) is 0 Å². The molecule has 3 rings (SSSR count). The van der Waals surface area contributed by atoms with Crippen LogP contribution in [0.15, 0.2) is 72.8 Å². The average Bonchev–Trinajstić information content (AvgIpc) is 2.90. The third-order valence-corrected chi connectivity index (χ3v) is 7.11. The summed E-state index contributed by atoms with van der Waals surface area (Å²) in [7, 11) is 0. The quantitative estimate of drug-likeness (QED) is 0.269. The number of amides is 2. The van der Waals surface area contributed by atoms with Gasteiger partial charge < -0.3 is 15.0 Å². The molecule has 2 amide bonds. The van der Waals surface area contributed by atoms with Crippen molar-refractivity contribution < 1.29 is 14.3 Å². The van der Waals surface area contributed by atoms with E-state index < -0.39 is 6.04 Å². The van der Waals surface area contributed by atoms with E-state index in [0.29, 0.717) is 28.8 Å². The first kappa shape index (κ1) is 30.5. The first-order chi connectivity index (χ1) is 18.4. The van der Waals surface area contributed by atoms with E-state index in [1.807, 2.05) is 74.5 Å². The topological polar surface area (TPSA) is 58.6 Å². The highest BCUT2D eigenvalue weighted by atomic mass is 35.5. The first-order valence-electron chi connectivity index (χ1n) is 13.2. The van der Waals surface area contributed by atoms with Crippen LogP contribution in [0.25, 0.3) is 0 Å². The smallest absolute Gasteiger partial charge is 0.261 e. The zero-order chi connectivity index (χ0) is 28.6.